The molecule has 1 aromatic rings. The number of aryl methyl sites for hydroxylation is 2. The topological polar surface area (TPSA) is 65.5 Å². The number of aromatic nitrogens is 1. The van der Waals surface area contributed by atoms with Crippen LogP contribution in [0, 0.1) is 13.8 Å². The van der Waals surface area contributed by atoms with E-state index in [4.69, 9.17) is 9.47 Å². The number of esters is 2. The molecule has 18 heavy (non-hydrogen) atoms. The van der Waals surface area contributed by atoms with Crippen molar-refractivity contribution in [3.8, 4) is 0 Å². The first-order valence-electron chi connectivity index (χ1n) is 5.83. The van der Waals surface area contributed by atoms with E-state index in [-0.39, 0.29) is 12.3 Å². The van der Waals surface area contributed by atoms with Gasteiger partial charge in [-0.05, 0) is 39.3 Å². The zero-order valence-corrected chi connectivity index (χ0v) is 11.1. The quantitative estimate of drug-likeness (QED) is 0.766. The molecule has 1 heterocycles. The molecular weight excluding hydrogens is 234 g/mol. The SMILES string of the molecule is CCOC(=O)c1cc(C)c(C(=O)OCC)c(C)n1. The molecule has 0 aliphatic carbocycles. The molecule has 0 N–H and O–H groups in total. The Labute approximate surface area is 106 Å². The Hall–Kier alpha value is -1.91. The largest absolute Gasteiger partial charge is 0.462 e. The lowest BCUT2D eigenvalue weighted by atomic mass is 10.1. The van der Waals surface area contributed by atoms with Gasteiger partial charge in [-0.1, -0.05) is 0 Å². The van der Waals surface area contributed by atoms with Crippen molar-refractivity contribution in [3.05, 3.63) is 28.6 Å². The molecular formula is C13H17NO4. The predicted molar refractivity (Wildman–Crippen MR) is 65.6 cm³/mol. The molecule has 0 aliphatic rings. The Morgan fingerprint density at radius 3 is 2.17 bits per heavy atom. The van der Waals surface area contributed by atoms with Gasteiger partial charge in [0.15, 0.2) is 0 Å². The second kappa shape index (κ2) is 6.14. The first-order chi connectivity index (χ1) is 8.51. The molecule has 0 aromatic carbocycles. The van der Waals surface area contributed by atoms with Gasteiger partial charge in [0.05, 0.1) is 24.5 Å². The van der Waals surface area contributed by atoms with Gasteiger partial charge >= 0.3 is 11.9 Å². The van der Waals surface area contributed by atoms with Crippen LogP contribution in [0.4, 0.5) is 0 Å². The molecule has 0 saturated heterocycles. The fraction of sp³-hybridized carbons (Fsp3) is 0.462. The Morgan fingerprint density at radius 2 is 1.67 bits per heavy atom. The molecule has 98 valence electrons. The number of pyridine rings is 1. The summed E-state index contributed by atoms with van der Waals surface area (Å²) in [5, 5.41) is 0. The number of carbonyl (C=O) groups excluding carboxylic acids is 2. The zero-order chi connectivity index (χ0) is 13.7. The van der Waals surface area contributed by atoms with Crippen molar-refractivity contribution in [2.45, 2.75) is 27.7 Å². The third-order valence-corrected chi connectivity index (χ3v) is 2.36. The smallest absolute Gasteiger partial charge is 0.356 e. The summed E-state index contributed by atoms with van der Waals surface area (Å²) in [6.07, 6.45) is 0. The third-order valence-electron chi connectivity index (χ3n) is 2.36. The number of ether oxygens (including phenoxy) is 2. The first kappa shape index (κ1) is 14.2. The van der Waals surface area contributed by atoms with Gasteiger partial charge in [0.2, 0.25) is 0 Å². The van der Waals surface area contributed by atoms with Crippen LogP contribution in [-0.4, -0.2) is 30.1 Å². The summed E-state index contributed by atoms with van der Waals surface area (Å²) in [5.41, 5.74) is 1.74. The molecule has 0 unspecified atom stereocenters. The second-order valence-electron chi connectivity index (χ2n) is 3.73. The highest BCUT2D eigenvalue weighted by Gasteiger charge is 2.18. The maximum atomic E-state index is 11.7. The van der Waals surface area contributed by atoms with Crippen molar-refractivity contribution >= 4 is 11.9 Å². The minimum absolute atomic E-state index is 0.208. The molecule has 0 atom stereocenters. The van der Waals surface area contributed by atoms with Crippen LogP contribution in [-0.2, 0) is 9.47 Å². The highest BCUT2D eigenvalue weighted by atomic mass is 16.5. The van der Waals surface area contributed by atoms with Crippen molar-refractivity contribution in [1.29, 1.82) is 0 Å². The molecule has 1 rings (SSSR count). The second-order valence-corrected chi connectivity index (χ2v) is 3.73. The van der Waals surface area contributed by atoms with Crippen LogP contribution >= 0.6 is 0 Å². The van der Waals surface area contributed by atoms with Gasteiger partial charge in [-0.25, -0.2) is 14.6 Å². The van der Waals surface area contributed by atoms with Crippen molar-refractivity contribution in [3.63, 3.8) is 0 Å². The number of carbonyl (C=O) groups is 2. The van der Waals surface area contributed by atoms with Crippen molar-refractivity contribution in [2.75, 3.05) is 13.2 Å². The van der Waals surface area contributed by atoms with E-state index in [0.29, 0.717) is 23.4 Å². The lowest BCUT2D eigenvalue weighted by Gasteiger charge is -2.10. The van der Waals surface area contributed by atoms with Crippen LogP contribution in [0.5, 0.6) is 0 Å². The summed E-state index contributed by atoms with van der Waals surface area (Å²) in [5.74, 6) is -0.908. The Bertz CT molecular complexity index is 445. The summed E-state index contributed by atoms with van der Waals surface area (Å²) in [6, 6.07) is 1.54. The Kier molecular flexibility index (Phi) is 4.83. The van der Waals surface area contributed by atoms with E-state index in [1.807, 2.05) is 0 Å². The zero-order valence-electron chi connectivity index (χ0n) is 11.1. The molecule has 1 aromatic heterocycles. The molecule has 5 heteroatoms. The summed E-state index contributed by atoms with van der Waals surface area (Å²) < 4.78 is 9.81. The molecule has 5 nitrogen and oxygen atoms in total. The molecule has 0 fully saturated rings. The summed E-state index contributed by atoms with van der Waals surface area (Å²) in [4.78, 5) is 27.4. The molecule has 0 spiro atoms. The summed E-state index contributed by atoms with van der Waals surface area (Å²) in [6.45, 7) is 7.47. The van der Waals surface area contributed by atoms with E-state index in [1.165, 1.54) is 6.07 Å². The maximum absolute atomic E-state index is 11.7. The number of hydrogen-bond donors (Lipinski definition) is 0. The summed E-state index contributed by atoms with van der Waals surface area (Å²) >= 11 is 0. The minimum Gasteiger partial charge on any atom is -0.462 e. The number of hydrogen-bond acceptors (Lipinski definition) is 5. The van der Waals surface area contributed by atoms with Gasteiger partial charge in [0, 0.05) is 0 Å². The van der Waals surface area contributed by atoms with Crippen LogP contribution in [0.25, 0.3) is 0 Å². The maximum Gasteiger partial charge on any atom is 0.356 e. The van der Waals surface area contributed by atoms with Crippen LogP contribution in [0.2, 0.25) is 0 Å². The van der Waals surface area contributed by atoms with Crippen LogP contribution in [0.15, 0.2) is 6.07 Å². The molecule has 0 saturated carbocycles. The fourth-order valence-corrected chi connectivity index (χ4v) is 1.65. The first-order valence-corrected chi connectivity index (χ1v) is 5.83. The van der Waals surface area contributed by atoms with Crippen LogP contribution in [0.3, 0.4) is 0 Å². The number of rotatable bonds is 4. The van der Waals surface area contributed by atoms with Crippen molar-refractivity contribution in [2.24, 2.45) is 0 Å². The monoisotopic (exact) mass is 251 g/mol. The van der Waals surface area contributed by atoms with E-state index < -0.39 is 11.9 Å². The standard InChI is InChI=1S/C13H17NO4/c1-5-17-12(15)10-7-8(3)11(9(4)14-10)13(16)18-6-2/h7H,5-6H2,1-4H3. The molecule has 0 aliphatic heterocycles. The predicted octanol–water partition coefficient (Wildman–Crippen LogP) is 2.05. The van der Waals surface area contributed by atoms with Crippen molar-refractivity contribution in [1.82, 2.24) is 4.98 Å². The van der Waals surface area contributed by atoms with Gasteiger partial charge in [0.1, 0.15) is 5.69 Å². The Morgan fingerprint density at radius 1 is 1.11 bits per heavy atom. The Balaban J connectivity index is 3.12. The summed E-state index contributed by atoms with van der Waals surface area (Å²) in [7, 11) is 0. The molecule has 0 amide bonds. The normalized spacial score (nSPS) is 10.0. The fourth-order valence-electron chi connectivity index (χ4n) is 1.65. The highest BCUT2D eigenvalue weighted by molar-refractivity contribution is 5.94. The van der Waals surface area contributed by atoms with Gasteiger partial charge in [-0.2, -0.15) is 0 Å². The third kappa shape index (κ3) is 3.06. The molecule has 0 radical (unpaired) electrons. The lowest BCUT2D eigenvalue weighted by Crippen LogP contribution is -2.14. The van der Waals surface area contributed by atoms with Crippen molar-refractivity contribution < 1.29 is 19.1 Å². The van der Waals surface area contributed by atoms with Gasteiger partial charge in [-0.3, -0.25) is 0 Å². The van der Waals surface area contributed by atoms with E-state index in [2.05, 4.69) is 4.98 Å². The lowest BCUT2D eigenvalue weighted by molar-refractivity contribution is 0.0504. The van der Waals surface area contributed by atoms with Gasteiger partial charge < -0.3 is 9.47 Å². The van der Waals surface area contributed by atoms with Crippen LogP contribution in [0.1, 0.15) is 46.0 Å². The minimum atomic E-state index is -0.487. The van der Waals surface area contributed by atoms with Gasteiger partial charge in [0.25, 0.3) is 0 Å². The molecule has 0 bridgehead atoms. The average molecular weight is 251 g/mol. The van der Waals surface area contributed by atoms with E-state index in [0.717, 1.165) is 0 Å². The highest BCUT2D eigenvalue weighted by Crippen LogP contribution is 2.15. The van der Waals surface area contributed by atoms with Gasteiger partial charge in [-0.15, -0.1) is 0 Å². The average Bonchev–Trinajstić information content (AvgIpc) is 2.28. The van der Waals surface area contributed by atoms with E-state index in [9.17, 15) is 9.59 Å². The van der Waals surface area contributed by atoms with E-state index >= 15 is 0 Å². The van der Waals surface area contributed by atoms with E-state index in [1.54, 1.807) is 27.7 Å². The number of nitrogens with zero attached hydrogens (tertiary/aromatic N) is 1. The van der Waals surface area contributed by atoms with Crippen LogP contribution < -0.4 is 0 Å².